The Morgan fingerprint density at radius 2 is 1.73 bits per heavy atom. The second-order valence-electron chi connectivity index (χ2n) is 2.71. The van der Waals surface area contributed by atoms with E-state index in [2.05, 4.69) is 32.7 Å². The maximum atomic E-state index is 3.58. The van der Waals surface area contributed by atoms with Gasteiger partial charge in [-0.15, -0.1) is 15.8 Å². The largest absolute Gasteiger partial charge is 0.335 e. The molecule has 1 aromatic carbocycles. The lowest BCUT2D eigenvalue weighted by Gasteiger charge is -2.13. The van der Waals surface area contributed by atoms with Gasteiger partial charge in [0.25, 0.3) is 0 Å². The molecule has 0 unspecified atom stereocenters. The lowest BCUT2D eigenvalue weighted by atomic mass is 9.81. The minimum atomic E-state index is 0.323. The summed E-state index contributed by atoms with van der Waals surface area (Å²) < 4.78 is 0. The van der Waals surface area contributed by atoms with Gasteiger partial charge in [0.15, 0.2) is 0 Å². The highest BCUT2D eigenvalue weighted by Gasteiger charge is 2.13. The first kappa shape index (κ1) is 8.82. The zero-order chi connectivity index (χ0) is 8.27. The number of benzene rings is 1. The molecule has 0 spiro atoms. The van der Waals surface area contributed by atoms with Gasteiger partial charge in [0, 0.05) is 0 Å². The molecular formula is C8H11BBrN. The van der Waals surface area contributed by atoms with Crippen LogP contribution in [0.2, 0.25) is 0 Å². The zero-order valence-electron chi connectivity index (χ0n) is 6.79. The summed E-state index contributed by atoms with van der Waals surface area (Å²) in [6, 6.07) is 10.3. The van der Waals surface area contributed by atoms with Crippen molar-refractivity contribution in [2.75, 3.05) is 14.1 Å². The van der Waals surface area contributed by atoms with Crippen molar-refractivity contribution in [3.8, 4) is 0 Å². The first-order valence-corrected chi connectivity index (χ1v) is 4.49. The van der Waals surface area contributed by atoms with E-state index in [-0.39, 0.29) is 0 Å². The van der Waals surface area contributed by atoms with Crippen LogP contribution in [0.4, 0.5) is 0 Å². The van der Waals surface area contributed by atoms with Gasteiger partial charge in [0.05, 0.1) is 0 Å². The van der Waals surface area contributed by atoms with Crippen LogP contribution in [0, 0.1) is 0 Å². The molecular weight excluding hydrogens is 201 g/mol. The molecule has 0 amide bonds. The van der Waals surface area contributed by atoms with Crippen LogP contribution in [-0.4, -0.2) is 24.6 Å². The molecule has 0 aromatic heterocycles. The fourth-order valence-electron chi connectivity index (χ4n) is 0.910. The van der Waals surface area contributed by atoms with E-state index >= 15 is 0 Å². The molecule has 3 heteroatoms. The highest BCUT2D eigenvalue weighted by Crippen LogP contribution is 1.97. The van der Waals surface area contributed by atoms with Crippen molar-refractivity contribution >= 4 is 26.9 Å². The van der Waals surface area contributed by atoms with E-state index in [4.69, 9.17) is 0 Å². The van der Waals surface area contributed by atoms with Crippen LogP contribution in [-0.2, 0) is 0 Å². The van der Waals surface area contributed by atoms with Crippen LogP contribution >= 0.6 is 15.8 Å². The molecule has 0 aliphatic carbocycles. The third kappa shape index (κ3) is 2.35. The Balaban J connectivity index is 2.77. The summed E-state index contributed by atoms with van der Waals surface area (Å²) in [5.41, 5.74) is 1.61. The van der Waals surface area contributed by atoms with Crippen LogP contribution in [0.3, 0.4) is 0 Å². The minimum absolute atomic E-state index is 0.323. The lowest BCUT2D eigenvalue weighted by Crippen LogP contribution is -2.38. The van der Waals surface area contributed by atoms with E-state index in [1.165, 1.54) is 5.46 Å². The molecule has 0 saturated heterocycles. The Morgan fingerprint density at radius 1 is 1.18 bits per heavy atom. The molecule has 1 aromatic rings. The maximum Gasteiger partial charge on any atom is 0.335 e. The normalized spacial score (nSPS) is 10.2. The summed E-state index contributed by atoms with van der Waals surface area (Å²) in [5.74, 6) is 0. The van der Waals surface area contributed by atoms with Crippen molar-refractivity contribution in [1.82, 2.24) is 4.81 Å². The predicted octanol–water partition coefficient (Wildman–Crippen LogP) is 1.34. The molecule has 0 aliphatic rings. The van der Waals surface area contributed by atoms with Crippen LogP contribution in [0.15, 0.2) is 30.3 Å². The SMILES string of the molecule is CN(C)B(Br)c1ccccc1. The van der Waals surface area contributed by atoms with Crippen molar-refractivity contribution in [1.29, 1.82) is 0 Å². The van der Waals surface area contributed by atoms with Gasteiger partial charge in [0.2, 0.25) is 0 Å². The van der Waals surface area contributed by atoms with Crippen molar-refractivity contribution in [2.24, 2.45) is 0 Å². The average Bonchev–Trinajstić information content (AvgIpc) is 2.05. The summed E-state index contributed by atoms with van der Waals surface area (Å²) in [4.78, 5) is 2.12. The van der Waals surface area contributed by atoms with Gasteiger partial charge in [-0.05, 0) is 14.1 Å². The second kappa shape index (κ2) is 3.93. The minimum Gasteiger partial charge on any atom is -0.334 e. The van der Waals surface area contributed by atoms with Gasteiger partial charge < -0.3 is 4.81 Å². The average molecular weight is 212 g/mol. The van der Waals surface area contributed by atoms with Gasteiger partial charge in [0.1, 0.15) is 0 Å². The number of halogens is 1. The highest BCUT2D eigenvalue weighted by molar-refractivity contribution is 9.24. The standard InChI is InChI=1S/C8H11BBrN/c1-11(2)9(10)8-6-4-3-5-7-8/h3-7H,1-2H3. The van der Waals surface area contributed by atoms with Gasteiger partial charge in [-0.25, -0.2) is 0 Å². The summed E-state index contributed by atoms with van der Waals surface area (Å²) in [7, 11) is 4.10. The van der Waals surface area contributed by atoms with E-state index in [0.29, 0.717) is 5.67 Å². The van der Waals surface area contributed by atoms with Gasteiger partial charge in [-0.2, -0.15) is 0 Å². The fraction of sp³-hybridized carbons (Fsp3) is 0.250. The van der Waals surface area contributed by atoms with E-state index in [0.717, 1.165) is 0 Å². The quantitative estimate of drug-likeness (QED) is 0.668. The Labute approximate surface area is 76.5 Å². The van der Waals surface area contributed by atoms with Crippen LogP contribution < -0.4 is 5.46 Å². The molecule has 1 rings (SSSR count). The van der Waals surface area contributed by atoms with Crippen molar-refractivity contribution in [3.63, 3.8) is 0 Å². The Kier molecular flexibility index (Phi) is 3.15. The molecule has 11 heavy (non-hydrogen) atoms. The Bertz CT molecular complexity index is 213. The summed E-state index contributed by atoms with van der Waals surface area (Å²) in [6.07, 6.45) is 0. The van der Waals surface area contributed by atoms with Crippen molar-refractivity contribution in [3.05, 3.63) is 30.3 Å². The summed E-state index contributed by atoms with van der Waals surface area (Å²) in [5, 5.41) is 0. The van der Waals surface area contributed by atoms with E-state index in [9.17, 15) is 0 Å². The zero-order valence-corrected chi connectivity index (χ0v) is 8.38. The Morgan fingerprint density at radius 3 is 2.18 bits per heavy atom. The van der Waals surface area contributed by atoms with E-state index in [1.54, 1.807) is 0 Å². The number of hydrogen-bond donors (Lipinski definition) is 0. The second-order valence-corrected chi connectivity index (χ2v) is 3.58. The molecule has 0 bridgehead atoms. The summed E-state index contributed by atoms with van der Waals surface area (Å²) in [6.45, 7) is 0. The third-order valence-corrected chi connectivity index (χ3v) is 2.88. The molecule has 0 aliphatic heterocycles. The molecule has 0 fully saturated rings. The van der Waals surface area contributed by atoms with Gasteiger partial charge in [-0.3, -0.25) is 0 Å². The molecule has 0 heterocycles. The highest BCUT2D eigenvalue weighted by atomic mass is 79.9. The predicted molar refractivity (Wildman–Crippen MR) is 54.4 cm³/mol. The van der Waals surface area contributed by atoms with Gasteiger partial charge >= 0.3 is 5.67 Å². The fourth-order valence-corrected chi connectivity index (χ4v) is 1.22. The van der Waals surface area contributed by atoms with E-state index in [1.807, 2.05) is 32.3 Å². The summed E-state index contributed by atoms with van der Waals surface area (Å²) >= 11 is 3.58. The third-order valence-electron chi connectivity index (χ3n) is 1.53. The number of hydrogen-bond acceptors (Lipinski definition) is 1. The topological polar surface area (TPSA) is 3.24 Å². The number of rotatable bonds is 2. The first-order chi connectivity index (χ1) is 5.22. The first-order valence-electron chi connectivity index (χ1n) is 3.57. The Hall–Kier alpha value is -0.275. The molecule has 1 nitrogen and oxygen atoms in total. The van der Waals surface area contributed by atoms with Crippen LogP contribution in [0.5, 0.6) is 0 Å². The lowest BCUT2D eigenvalue weighted by molar-refractivity contribution is 0.665. The molecule has 0 radical (unpaired) electrons. The van der Waals surface area contributed by atoms with Crippen molar-refractivity contribution in [2.45, 2.75) is 0 Å². The number of nitrogens with zero attached hydrogens (tertiary/aromatic N) is 1. The molecule has 0 saturated carbocycles. The van der Waals surface area contributed by atoms with Gasteiger partial charge in [-0.1, -0.05) is 35.8 Å². The van der Waals surface area contributed by atoms with Crippen LogP contribution in [0.1, 0.15) is 0 Å². The smallest absolute Gasteiger partial charge is 0.334 e. The van der Waals surface area contributed by atoms with Crippen molar-refractivity contribution < 1.29 is 0 Å². The molecule has 0 atom stereocenters. The monoisotopic (exact) mass is 211 g/mol. The molecule has 0 N–H and O–H groups in total. The van der Waals surface area contributed by atoms with Crippen LogP contribution in [0.25, 0.3) is 0 Å². The van der Waals surface area contributed by atoms with E-state index < -0.39 is 0 Å². The molecule has 58 valence electrons. The maximum absolute atomic E-state index is 3.58.